The van der Waals surface area contributed by atoms with Crippen LogP contribution >= 0.6 is 15.9 Å². The molecule has 1 heterocycles. The van der Waals surface area contributed by atoms with Crippen LogP contribution in [0.25, 0.3) is 0 Å². The lowest BCUT2D eigenvalue weighted by molar-refractivity contribution is -0.135. The van der Waals surface area contributed by atoms with Crippen molar-refractivity contribution in [3.05, 3.63) is 16.6 Å². The molecule has 0 spiro atoms. The van der Waals surface area contributed by atoms with E-state index in [9.17, 15) is 21.6 Å². The van der Waals surface area contributed by atoms with Gasteiger partial charge in [0.15, 0.2) is 0 Å². The summed E-state index contributed by atoms with van der Waals surface area (Å²) in [6, 6.07) is 2.67. The molecule has 0 amide bonds. The summed E-state index contributed by atoms with van der Waals surface area (Å²) in [7, 11) is -2.42. The Morgan fingerprint density at radius 1 is 1.32 bits per heavy atom. The van der Waals surface area contributed by atoms with Crippen molar-refractivity contribution in [2.75, 3.05) is 18.6 Å². The summed E-state index contributed by atoms with van der Waals surface area (Å²) in [6.45, 7) is 0.371. The summed E-state index contributed by atoms with van der Waals surface area (Å²) < 4.78 is 72.2. The average molecular weight is 483 g/mol. The van der Waals surface area contributed by atoms with Gasteiger partial charge in [-0.2, -0.15) is 13.2 Å². The molecule has 3 fully saturated rings. The van der Waals surface area contributed by atoms with E-state index in [0.717, 1.165) is 19.3 Å². The first-order valence-corrected chi connectivity index (χ1v) is 11.5. The number of nitrogens with zero attached hydrogens (tertiary/aromatic N) is 1. The molecule has 5 nitrogen and oxygen atoms in total. The minimum absolute atomic E-state index is 0.0722. The lowest BCUT2D eigenvalue weighted by Crippen LogP contribution is -2.69. The third-order valence-electron chi connectivity index (χ3n) is 6.13. The molecule has 1 N–H and O–H groups in total. The number of fused-ring (bicyclic) bond motifs is 1. The van der Waals surface area contributed by atoms with Crippen molar-refractivity contribution in [1.29, 1.82) is 0 Å². The quantitative estimate of drug-likeness (QED) is 0.682. The highest BCUT2D eigenvalue weighted by atomic mass is 79.9. The van der Waals surface area contributed by atoms with Gasteiger partial charge in [-0.1, -0.05) is 0 Å². The second-order valence-electron chi connectivity index (χ2n) is 8.09. The van der Waals surface area contributed by atoms with Crippen LogP contribution in [0.4, 0.5) is 18.9 Å². The van der Waals surface area contributed by atoms with E-state index in [1.165, 1.54) is 13.2 Å². The molecule has 156 valence electrons. The molecule has 1 aromatic carbocycles. The Morgan fingerprint density at radius 3 is 2.54 bits per heavy atom. The third-order valence-corrected chi connectivity index (χ3v) is 8.30. The number of halogens is 4. The number of benzene rings is 1. The van der Waals surface area contributed by atoms with E-state index in [2.05, 4.69) is 25.6 Å². The number of ether oxygens (including phenoxy) is 1. The summed E-state index contributed by atoms with van der Waals surface area (Å²) in [5, 5.41) is 0. The number of anilines is 1. The number of nitrogens with one attached hydrogen (secondary N) is 1. The fraction of sp³-hybridized carbons (Fsp3) is 0.667. The maximum Gasteiger partial charge on any atom is 0.389 e. The number of hydrogen-bond acceptors (Lipinski definition) is 4. The minimum atomic E-state index is -4.24. The van der Waals surface area contributed by atoms with Gasteiger partial charge in [-0.3, -0.25) is 0 Å². The van der Waals surface area contributed by atoms with Crippen molar-refractivity contribution < 1.29 is 26.3 Å². The monoisotopic (exact) mass is 482 g/mol. The van der Waals surface area contributed by atoms with E-state index in [4.69, 9.17) is 4.74 Å². The first-order chi connectivity index (χ1) is 13.0. The van der Waals surface area contributed by atoms with Crippen LogP contribution in [0.3, 0.4) is 0 Å². The summed E-state index contributed by atoms with van der Waals surface area (Å²) in [4.78, 5) is 2.23. The first-order valence-electron chi connectivity index (χ1n) is 9.27. The molecule has 1 aromatic rings. The van der Waals surface area contributed by atoms with Gasteiger partial charge in [-0.15, -0.1) is 0 Å². The van der Waals surface area contributed by atoms with E-state index in [1.54, 1.807) is 6.07 Å². The highest BCUT2D eigenvalue weighted by molar-refractivity contribution is 9.10. The largest absolute Gasteiger partial charge is 0.496 e. The van der Waals surface area contributed by atoms with Gasteiger partial charge in [0.25, 0.3) is 0 Å². The molecule has 1 atom stereocenters. The van der Waals surface area contributed by atoms with Crippen molar-refractivity contribution in [2.24, 2.45) is 5.92 Å². The highest BCUT2D eigenvalue weighted by Gasteiger charge is 2.61. The van der Waals surface area contributed by atoms with Gasteiger partial charge in [0.1, 0.15) is 10.6 Å². The Hall–Kier alpha value is -1.00. The van der Waals surface area contributed by atoms with Crippen LogP contribution < -0.4 is 14.4 Å². The third kappa shape index (κ3) is 3.52. The van der Waals surface area contributed by atoms with Crippen LogP contribution in [0.2, 0.25) is 0 Å². The Balaban J connectivity index is 1.68. The normalized spacial score (nSPS) is 30.7. The Labute approximate surface area is 170 Å². The lowest BCUT2D eigenvalue weighted by atomic mass is 9.49. The molecule has 10 heteroatoms. The van der Waals surface area contributed by atoms with E-state index in [0.29, 0.717) is 28.4 Å². The minimum Gasteiger partial charge on any atom is -0.496 e. The van der Waals surface area contributed by atoms with Gasteiger partial charge in [-0.25, -0.2) is 13.1 Å². The topological polar surface area (TPSA) is 58.6 Å². The van der Waals surface area contributed by atoms with Gasteiger partial charge >= 0.3 is 6.18 Å². The molecule has 28 heavy (non-hydrogen) atoms. The Bertz CT molecular complexity index is 874. The van der Waals surface area contributed by atoms with Crippen LogP contribution in [0, 0.1) is 5.92 Å². The van der Waals surface area contributed by atoms with Crippen LogP contribution in [0.15, 0.2) is 21.5 Å². The van der Waals surface area contributed by atoms with Gasteiger partial charge in [0.2, 0.25) is 10.0 Å². The summed E-state index contributed by atoms with van der Waals surface area (Å²) in [6.07, 6.45) is -2.10. The molecular formula is C18H22BrF3N2O3S. The number of alkyl halides is 3. The van der Waals surface area contributed by atoms with Crippen molar-refractivity contribution >= 4 is 31.6 Å². The maximum absolute atomic E-state index is 13.0. The zero-order valence-electron chi connectivity index (χ0n) is 15.4. The molecule has 0 saturated heterocycles. The van der Waals surface area contributed by atoms with Gasteiger partial charge < -0.3 is 9.64 Å². The Kier molecular flexibility index (Phi) is 4.90. The molecule has 1 aliphatic heterocycles. The van der Waals surface area contributed by atoms with Crippen molar-refractivity contribution in [3.8, 4) is 5.75 Å². The Morgan fingerprint density at radius 2 is 2.00 bits per heavy atom. The van der Waals surface area contributed by atoms with Crippen LogP contribution in [0.1, 0.15) is 38.5 Å². The van der Waals surface area contributed by atoms with Crippen molar-refractivity contribution in [3.63, 3.8) is 0 Å². The highest BCUT2D eigenvalue weighted by Crippen LogP contribution is 2.62. The zero-order chi connectivity index (χ0) is 20.3. The molecule has 0 aromatic heterocycles. The number of hydrogen-bond donors (Lipinski definition) is 1. The van der Waals surface area contributed by atoms with E-state index >= 15 is 0 Å². The van der Waals surface area contributed by atoms with Gasteiger partial charge in [-0.05, 0) is 60.0 Å². The molecule has 3 saturated carbocycles. The zero-order valence-corrected chi connectivity index (χ0v) is 17.8. The average Bonchev–Trinajstić information content (AvgIpc) is 2.58. The summed E-state index contributed by atoms with van der Waals surface area (Å²) in [5.41, 5.74) is 0.522. The molecule has 3 aliphatic carbocycles. The molecule has 4 aliphatic rings. The molecule has 2 bridgehead atoms. The fourth-order valence-electron chi connectivity index (χ4n) is 4.66. The lowest BCUT2D eigenvalue weighted by Gasteiger charge is -2.67. The smallest absolute Gasteiger partial charge is 0.389 e. The predicted octanol–water partition coefficient (Wildman–Crippen LogP) is 4.21. The van der Waals surface area contributed by atoms with Crippen molar-refractivity contribution in [1.82, 2.24) is 4.72 Å². The first kappa shape index (κ1) is 20.3. The van der Waals surface area contributed by atoms with Crippen LogP contribution in [-0.2, 0) is 10.0 Å². The maximum atomic E-state index is 13.0. The molecular weight excluding hydrogens is 461 g/mol. The van der Waals surface area contributed by atoms with E-state index in [-0.39, 0.29) is 23.3 Å². The number of sulfonamides is 1. The number of methoxy groups -OCH3 is 1. The summed E-state index contributed by atoms with van der Waals surface area (Å²) >= 11 is 3.43. The van der Waals surface area contributed by atoms with Crippen LogP contribution in [-0.4, -0.2) is 39.8 Å². The number of rotatable bonds is 5. The van der Waals surface area contributed by atoms with E-state index in [1.807, 2.05) is 0 Å². The van der Waals surface area contributed by atoms with Crippen LogP contribution in [0.5, 0.6) is 5.75 Å². The standard InChI is InChI=1S/C18H22BrF3N2O3S/c1-27-15-6-16-14(5-13(15)19)24(17-7-11(8-17)9-17)10-12(23-28(16,25)26)3-2-4-18(20,21)22/h5-6,11-12,23H,2-4,7-10H2,1H3. The molecule has 1 unspecified atom stereocenters. The van der Waals surface area contributed by atoms with Gasteiger partial charge in [0.05, 0.1) is 17.3 Å². The van der Waals surface area contributed by atoms with Gasteiger partial charge in [0, 0.05) is 30.6 Å². The van der Waals surface area contributed by atoms with E-state index < -0.39 is 28.7 Å². The molecule has 0 radical (unpaired) electrons. The second-order valence-corrected chi connectivity index (χ2v) is 10.6. The second kappa shape index (κ2) is 6.77. The summed E-state index contributed by atoms with van der Waals surface area (Å²) in [5.74, 6) is 1.08. The molecule has 5 rings (SSSR count). The fourth-order valence-corrected chi connectivity index (χ4v) is 6.62. The SMILES string of the molecule is COc1cc2c(cc1Br)N(C13CC(C1)C3)CC(CCCC(F)(F)F)NS2(=O)=O. The predicted molar refractivity (Wildman–Crippen MR) is 102 cm³/mol. The van der Waals surface area contributed by atoms with Crippen molar-refractivity contribution in [2.45, 2.75) is 61.2 Å².